The van der Waals surface area contributed by atoms with Crippen LogP contribution < -0.4 is 15.5 Å². The molecule has 0 saturated heterocycles. The van der Waals surface area contributed by atoms with E-state index in [1.54, 1.807) is 11.9 Å². The van der Waals surface area contributed by atoms with Crippen LogP contribution in [0.2, 0.25) is 0 Å². The Bertz CT molecular complexity index is 890. The van der Waals surface area contributed by atoms with Crippen LogP contribution in [0.15, 0.2) is 29.6 Å². The van der Waals surface area contributed by atoms with Gasteiger partial charge >= 0.3 is 0 Å². The predicted molar refractivity (Wildman–Crippen MR) is 129 cm³/mol. The molecule has 0 bridgehead atoms. The molecule has 170 valence electrons. The van der Waals surface area contributed by atoms with E-state index in [-0.39, 0.29) is 0 Å². The number of rotatable bonds is 5. The van der Waals surface area contributed by atoms with E-state index in [9.17, 15) is 0 Å². The van der Waals surface area contributed by atoms with Crippen LogP contribution in [0.5, 0.6) is 0 Å². The molecule has 2 heterocycles. The molecule has 4 rings (SSSR count). The first kappa shape index (κ1) is 22.3. The lowest BCUT2D eigenvalue weighted by atomic mass is 9.47. The van der Waals surface area contributed by atoms with Crippen LogP contribution in [-0.2, 0) is 0 Å². The zero-order valence-corrected chi connectivity index (χ0v) is 20.5. The lowest BCUT2D eigenvalue weighted by Crippen LogP contribution is -3.03. The van der Waals surface area contributed by atoms with Crippen molar-refractivity contribution >= 4 is 17.3 Å². The van der Waals surface area contributed by atoms with Gasteiger partial charge in [-0.15, -0.1) is 0 Å². The van der Waals surface area contributed by atoms with E-state index in [0.717, 1.165) is 36.6 Å². The van der Waals surface area contributed by atoms with Crippen molar-refractivity contribution in [2.24, 2.45) is 22.7 Å². The van der Waals surface area contributed by atoms with Crippen molar-refractivity contribution in [2.45, 2.75) is 73.1 Å². The van der Waals surface area contributed by atoms with Gasteiger partial charge in [-0.05, 0) is 75.0 Å². The van der Waals surface area contributed by atoms with E-state index >= 15 is 0 Å². The van der Waals surface area contributed by atoms with Gasteiger partial charge in [-0.1, -0.05) is 44.1 Å². The smallest absolute Gasteiger partial charge is 0.256 e. The van der Waals surface area contributed by atoms with Crippen LogP contribution in [0.3, 0.4) is 0 Å². The van der Waals surface area contributed by atoms with E-state index in [4.69, 9.17) is 5.73 Å². The summed E-state index contributed by atoms with van der Waals surface area (Å²) >= 11 is 0. The van der Waals surface area contributed by atoms with Crippen LogP contribution in [0.4, 0.5) is 17.3 Å². The fourth-order valence-corrected chi connectivity index (χ4v) is 6.78. The van der Waals surface area contributed by atoms with E-state index in [2.05, 4.69) is 68.7 Å². The van der Waals surface area contributed by atoms with Crippen LogP contribution in [0, 0.1) is 22.7 Å². The molecule has 1 unspecified atom stereocenters. The Balaban J connectivity index is 1.44. The van der Waals surface area contributed by atoms with Gasteiger partial charge < -0.3 is 10.6 Å². The molecule has 3 aliphatic rings. The van der Waals surface area contributed by atoms with Gasteiger partial charge in [0.15, 0.2) is 18.2 Å². The largest absolute Gasteiger partial charge is 0.382 e. The number of allylic oxidation sites excluding steroid dienone is 3. The number of nitrogen functional groups attached to an aromatic ring is 1. The van der Waals surface area contributed by atoms with Gasteiger partial charge in [0.1, 0.15) is 6.33 Å². The topological polar surface area (TPSA) is 59.5 Å². The molecule has 5 heteroatoms. The Kier molecular flexibility index (Phi) is 5.93. The Morgan fingerprint density at radius 3 is 2.87 bits per heavy atom. The maximum Gasteiger partial charge on any atom is 0.256 e. The Morgan fingerprint density at radius 1 is 1.32 bits per heavy atom. The monoisotopic (exact) mass is 424 g/mol. The molecule has 0 radical (unpaired) electrons. The molecule has 0 amide bonds. The number of hydrogen-bond donors (Lipinski definition) is 2. The number of nitrogens with zero attached hydrogens (tertiary/aromatic N) is 3. The van der Waals surface area contributed by atoms with E-state index in [0.29, 0.717) is 16.6 Å². The third-order valence-corrected chi connectivity index (χ3v) is 9.31. The number of fused-ring (bicyclic) bond motifs is 2. The van der Waals surface area contributed by atoms with Crippen molar-refractivity contribution < 1.29 is 4.90 Å². The molecule has 31 heavy (non-hydrogen) atoms. The molecule has 5 nitrogen and oxygen atoms in total. The molecule has 0 aromatic carbocycles. The molecule has 1 aliphatic heterocycles. The molecular formula is C26H42N5+. The molecule has 0 spiro atoms. The summed E-state index contributed by atoms with van der Waals surface area (Å²) in [5.74, 6) is 3.21. The highest BCUT2D eigenvalue weighted by molar-refractivity contribution is 5.73. The first-order chi connectivity index (χ1) is 14.7. The van der Waals surface area contributed by atoms with Crippen molar-refractivity contribution in [3.8, 4) is 0 Å². The number of anilines is 2. The minimum Gasteiger partial charge on any atom is -0.382 e. The van der Waals surface area contributed by atoms with E-state index in [1.165, 1.54) is 49.0 Å². The van der Waals surface area contributed by atoms with Gasteiger partial charge in [0.25, 0.3) is 5.82 Å². The Hall–Kier alpha value is -1.88. The Labute approximate surface area is 188 Å². The average molecular weight is 425 g/mol. The quantitative estimate of drug-likeness (QED) is 0.683. The van der Waals surface area contributed by atoms with Crippen LogP contribution in [0.1, 0.15) is 73.1 Å². The van der Waals surface area contributed by atoms with Crippen LogP contribution >= 0.6 is 0 Å². The summed E-state index contributed by atoms with van der Waals surface area (Å²) in [7, 11) is 2.14. The Morgan fingerprint density at radius 2 is 2.10 bits per heavy atom. The standard InChI is InChI=1S/C26H41N5/c1-18(12-15-31-17-30(6)24-22(31)23(27)28-16-29-24)10-13-25(4)20(3)11-14-26(5)19(2)8-7-9-21(25)26/h8,12,16,20-21H,7,9-11,13-15,17H2,1-6H3,(H2,27,28,29)/p+1/t20-,21-,25+,26+/m1/s1. The van der Waals surface area contributed by atoms with Gasteiger partial charge in [-0.3, -0.25) is 4.90 Å². The first-order valence-corrected chi connectivity index (χ1v) is 12.2. The second kappa shape index (κ2) is 8.23. The van der Waals surface area contributed by atoms with Gasteiger partial charge in [0.05, 0.1) is 7.05 Å². The molecule has 1 saturated carbocycles. The van der Waals surface area contributed by atoms with Crippen LogP contribution in [-0.4, -0.2) is 30.2 Å². The summed E-state index contributed by atoms with van der Waals surface area (Å²) in [4.78, 5) is 12.3. The summed E-state index contributed by atoms with van der Waals surface area (Å²) in [6.07, 6.45) is 14.3. The SMILES string of the molecule is CC(=CCN1C[NH+](C)c2ncnc(N)c21)CC[C@@]1(C)[C@H](C)CC[C@@]2(C)C(C)=CCC[C@H]12. The third-order valence-electron chi connectivity index (χ3n) is 9.31. The predicted octanol–water partition coefficient (Wildman–Crippen LogP) is 4.51. The summed E-state index contributed by atoms with van der Waals surface area (Å²) in [6, 6.07) is 0. The van der Waals surface area contributed by atoms with E-state index in [1.807, 2.05) is 0 Å². The van der Waals surface area contributed by atoms with Gasteiger partial charge in [0, 0.05) is 6.54 Å². The molecule has 2 aliphatic carbocycles. The number of nitrogens with two attached hydrogens (primary N) is 1. The average Bonchev–Trinajstić information content (AvgIpc) is 3.07. The molecular weight excluding hydrogens is 382 g/mol. The summed E-state index contributed by atoms with van der Waals surface area (Å²) in [5.41, 5.74) is 11.1. The molecule has 3 N–H and O–H groups in total. The fourth-order valence-electron chi connectivity index (χ4n) is 6.78. The maximum absolute atomic E-state index is 6.17. The second-order valence-electron chi connectivity index (χ2n) is 11.0. The number of nitrogens with one attached hydrogen (secondary N) is 1. The molecule has 1 aromatic heterocycles. The fraction of sp³-hybridized carbons (Fsp3) is 0.692. The number of quaternary nitrogens is 1. The highest BCUT2D eigenvalue weighted by Crippen LogP contribution is 2.61. The normalized spacial score (nSPS) is 35.5. The summed E-state index contributed by atoms with van der Waals surface area (Å²) < 4.78 is 0. The summed E-state index contributed by atoms with van der Waals surface area (Å²) in [5, 5.41) is 0. The minimum absolute atomic E-state index is 0.404. The zero-order valence-electron chi connectivity index (χ0n) is 20.5. The molecule has 5 atom stereocenters. The lowest BCUT2D eigenvalue weighted by Gasteiger charge is -2.58. The number of hydrogen-bond acceptors (Lipinski definition) is 4. The highest BCUT2D eigenvalue weighted by atomic mass is 15.4. The lowest BCUT2D eigenvalue weighted by molar-refractivity contribution is -0.805. The summed E-state index contributed by atoms with van der Waals surface area (Å²) in [6.45, 7) is 14.1. The first-order valence-electron chi connectivity index (χ1n) is 12.2. The van der Waals surface area contributed by atoms with Crippen molar-refractivity contribution in [3.63, 3.8) is 0 Å². The van der Waals surface area contributed by atoms with Crippen molar-refractivity contribution in [1.29, 1.82) is 0 Å². The zero-order chi connectivity index (χ0) is 22.4. The minimum atomic E-state index is 0.404. The second-order valence-corrected chi connectivity index (χ2v) is 11.0. The van der Waals surface area contributed by atoms with Crippen molar-refractivity contribution in [3.05, 3.63) is 29.6 Å². The van der Waals surface area contributed by atoms with Crippen LogP contribution in [0.25, 0.3) is 0 Å². The molecule has 1 fully saturated rings. The van der Waals surface area contributed by atoms with Crippen molar-refractivity contribution in [1.82, 2.24) is 9.97 Å². The van der Waals surface area contributed by atoms with Gasteiger partial charge in [0.2, 0.25) is 0 Å². The molecule has 1 aromatic rings. The van der Waals surface area contributed by atoms with Gasteiger partial charge in [-0.25, -0.2) is 4.98 Å². The number of aromatic nitrogens is 2. The highest BCUT2D eigenvalue weighted by Gasteiger charge is 2.52. The van der Waals surface area contributed by atoms with Gasteiger partial charge in [-0.2, -0.15) is 4.98 Å². The third kappa shape index (κ3) is 3.79. The van der Waals surface area contributed by atoms with E-state index < -0.39 is 0 Å². The maximum atomic E-state index is 6.17. The van der Waals surface area contributed by atoms with Crippen molar-refractivity contribution in [2.75, 3.05) is 30.9 Å².